The van der Waals surface area contributed by atoms with Crippen LogP contribution in [-0.4, -0.2) is 30.1 Å². The Hall–Kier alpha value is -0.900. The van der Waals surface area contributed by atoms with Gasteiger partial charge in [-0.3, -0.25) is 4.79 Å². The van der Waals surface area contributed by atoms with Gasteiger partial charge in [-0.2, -0.15) is 4.79 Å². The van der Waals surface area contributed by atoms with Gasteiger partial charge in [0.2, 0.25) is 0 Å². The van der Waals surface area contributed by atoms with Crippen LogP contribution in [-0.2, 0) is 9.53 Å². The van der Waals surface area contributed by atoms with Gasteiger partial charge in [0.1, 0.15) is 5.60 Å². The third-order valence-corrected chi connectivity index (χ3v) is 2.72. The molecule has 0 aromatic heterocycles. The Morgan fingerprint density at radius 3 is 2.53 bits per heavy atom. The van der Waals surface area contributed by atoms with Crippen molar-refractivity contribution < 1.29 is 19.2 Å². The Morgan fingerprint density at radius 2 is 2.07 bits per heavy atom. The largest absolute Gasteiger partial charge is 0.515 e. The van der Waals surface area contributed by atoms with E-state index in [0.717, 1.165) is 19.1 Å². The fourth-order valence-corrected chi connectivity index (χ4v) is 1.87. The van der Waals surface area contributed by atoms with E-state index in [-0.39, 0.29) is 6.09 Å². The molecule has 1 unspecified atom stereocenters. The van der Waals surface area contributed by atoms with Crippen molar-refractivity contribution in [1.29, 1.82) is 0 Å². The Kier molecular flexibility index (Phi) is 3.19. The molecule has 0 saturated carbocycles. The summed E-state index contributed by atoms with van der Waals surface area (Å²) in [5.41, 5.74) is -1.08. The zero-order valence-electron chi connectivity index (χ0n) is 9.92. The van der Waals surface area contributed by atoms with E-state index in [1.807, 2.05) is 27.7 Å². The molecule has 1 rings (SSSR count). The van der Waals surface area contributed by atoms with E-state index in [4.69, 9.17) is 4.74 Å². The van der Waals surface area contributed by atoms with Gasteiger partial charge >= 0.3 is 6.09 Å². The molecule has 0 bridgehead atoms. The molecule has 1 aliphatic heterocycles. The maximum absolute atomic E-state index is 11.8. The lowest BCUT2D eigenvalue weighted by atomic mass is 10.0. The second-order valence-corrected chi connectivity index (χ2v) is 5.37. The molecule has 1 N–H and O–H groups in total. The minimum absolute atomic E-state index is 0.311. The second-order valence-electron chi connectivity index (χ2n) is 5.37. The maximum Gasteiger partial charge on any atom is 0.515 e. The molecular formula is C11H20NO3+. The van der Waals surface area contributed by atoms with E-state index in [9.17, 15) is 9.59 Å². The van der Waals surface area contributed by atoms with Gasteiger partial charge in [-0.05, 0) is 27.7 Å². The molecule has 1 fully saturated rings. The SMILES string of the molecule is CC(C)(C)OC(=O)[NH+]1CCC[C@@]1(C)C=O. The van der Waals surface area contributed by atoms with Gasteiger partial charge in [-0.1, -0.05) is 0 Å². The van der Waals surface area contributed by atoms with E-state index in [0.29, 0.717) is 11.4 Å². The Labute approximate surface area is 90.6 Å². The van der Waals surface area contributed by atoms with Gasteiger partial charge in [0.25, 0.3) is 0 Å². The molecule has 2 atom stereocenters. The normalized spacial score (nSPS) is 31.3. The van der Waals surface area contributed by atoms with Crippen LogP contribution in [0.4, 0.5) is 4.79 Å². The lowest BCUT2D eigenvalue weighted by molar-refractivity contribution is -0.852. The van der Waals surface area contributed by atoms with Crippen molar-refractivity contribution in [1.82, 2.24) is 0 Å². The lowest BCUT2D eigenvalue weighted by Crippen LogP contribution is -3.20. The average Bonchev–Trinajstić information content (AvgIpc) is 2.45. The summed E-state index contributed by atoms with van der Waals surface area (Å²) in [6.07, 6.45) is 2.21. The van der Waals surface area contributed by atoms with E-state index in [1.54, 1.807) is 0 Å². The van der Waals surface area contributed by atoms with E-state index < -0.39 is 11.1 Å². The fourth-order valence-electron chi connectivity index (χ4n) is 1.87. The highest BCUT2D eigenvalue weighted by Crippen LogP contribution is 2.12. The Balaban J connectivity index is 2.72. The van der Waals surface area contributed by atoms with E-state index >= 15 is 0 Å². The average molecular weight is 214 g/mol. The monoisotopic (exact) mass is 214 g/mol. The zero-order valence-corrected chi connectivity index (χ0v) is 9.92. The first-order valence-corrected chi connectivity index (χ1v) is 5.34. The van der Waals surface area contributed by atoms with E-state index in [1.165, 1.54) is 0 Å². The first-order chi connectivity index (χ1) is 6.78. The number of likely N-dealkylation sites (tertiary alicyclic amines) is 1. The molecule has 0 spiro atoms. The van der Waals surface area contributed by atoms with Crippen molar-refractivity contribution >= 4 is 12.4 Å². The van der Waals surface area contributed by atoms with Crippen LogP contribution in [0, 0.1) is 0 Å². The van der Waals surface area contributed by atoms with Crippen LogP contribution < -0.4 is 4.90 Å². The fraction of sp³-hybridized carbons (Fsp3) is 0.818. The Bertz CT molecular complexity index is 269. The molecule has 86 valence electrons. The van der Waals surface area contributed by atoms with Crippen LogP contribution in [0.5, 0.6) is 0 Å². The minimum Gasteiger partial charge on any atom is -0.414 e. The van der Waals surface area contributed by atoms with Gasteiger partial charge in [0, 0.05) is 12.8 Å². The first kappa shape index (κ1) is 12.2. The summed E-state index contributed by atoms with van der Waals surface area (Å²) in [7, 11) is 0. The van der Waals surface area contributed by atoms with Crippen molar-refractivity contribution in [2.45, 2.75) is 51.7 Å². The number of rotatable bonds is 1. The number of aldehydes is 1. The van der Waals surface area contributed by atoms with Crippen molar-refractivity contribution in [3.05, 3.63) is 0 Å². The van der Waals surface area contributed by atoms with Crippen molar-refractivity contribution in [3.63, 3.8) is 0 Å². The molecule has 4 heteroatoms. The lowest BCUT2D eigenvalue weighted by Gasteiger charge is -2.27. The van der Waals surface area contributed by atoms with Crippen molar-refractivity contribution in [2.75, 3.05) is 6.54 Å². The number of carbonyl (C=O) groups excluding carboxylic acids is 2. The van der Waals surface area contributed by atoms with Crippen LogP contribution in [0.2, 0.25) is 0 Å². The number of quaternary nitrogens is 1. The van der Waals surface area contributed by atoms with Crippen LogP contribution in [0.25, 0.3) is 0 Å². The minimum atomic E-state index is -0.595. The maximum atomic E-state index is 11.8. The van der Waals surface area contributed by atoms with Gasteiger partial charge in [-0.15, -0.1) is 0 Å². The van der Waals surface area contributed by atoms with Crippen molar-refractivity contribution in [3.8, 4) is 0 Å². The van der Waals surface area contributed by atoms with Crippen LogP contribution >= 0.6 is 0 Å². The summed E-state index contributed by atoms with van der Waals surface area (Å²) in [6, 6.07) is 0. The highest BCUT2D eigenvalue weighted by molar-refractivity contribution is 5.67. The first-order valence-electron chi connectivity index (χ1n) is 5.34. The number of ether oxygens (including phenoxy) is 1. The number of carbonyl (C=O) groups is 2. The third kappa shape index (κ3) is 2.78. The highest BCUT2D eigenvalue weighted by atomic mass is 16.6. The molecule has 1 heterocycles. The van der Waals surface area contributed by atoms with Gasteiger partial charge in [0.05, 0.1) is 6.54 Å². The van der Waals surface area contributed by atoms with Crippen LogP contribution in [0.1, 0.15) is 40.5 Å². The summed E-state index contributed by atoms with van der Waals surface area (Å²) in [5, 5.41) is 0. The van der Waals surface area contributed by atoms with Crippen LogP contribution in [0.15, 0.2) is 0 Å². The molecule has 15 heavy (non-hydrogen) atoms. The second kappa shape index (κ2) is 3.93. The summed E-state index contributed by atoms with van der Waals surface area (Å²) < 4.78 is 5.28. The molecule has 0 aromatic rings. The zero-order chi connectivity index (χ0) is 11.7. The number of alkyl carbamates (subject to hydrolysis) is 2. The van der Waals surface area contributed by atoms with Crippen molar-refractivity contribution in [2.24, 2.45) is 0 Å². The molecule has 0 aliphatic carbocycles. The number of amides is 1. The summed E-state index contributed by atoms with van der Waals surface area (Å²) in [5.74, 6) is 0. The Morgan fingerprint density at radius 1 is 1.47 bits per heavy atom. The third-order valence-electron chi connectivity index (χ3n) is 2.72. The highest BCUT2D eigenvalue weighted by Gasteiger charge is 2.47. The van der Waals surface area contributed by atoms with Gasteiger partial charge < -0.3 is 4.74 Å². The molecule has 1 amide bonds. The summed E-state index contributed by atoms with van der Waals surface area (Å²) in [6.45, 7) is 7.99. The summed E-state index contributed by atoms with van der Waals surface area (Å²) in [4.78, 5) is 23.4. The quantitative estimate of drug-likeness (QED) is 0.649. The van der Waals surface area contributed by atoms with Crippen LogP contribution in [0.3, 0.4) is 0 Å². The van der Waals surface area contributed by atoms with Gasteiger partial charge in [-0.25, -0.2) is 4.90 Å². The van der Waals surface area contributed by atoms with Gasteiger partial charge in [0.15, 0.2) is 11.8 Å². The summed E-state index contributed by atoms with van der Waals surface area (Å²) >= 11 is 0. The predicted molar refractivity (Wildman–Crippen MR) is 55.8 cm³/mol. The standard InChI is InChI=1S/C11H19NO3/c1-10(2,3)15-9(14)12-7-5-6-11(12,4)8-13/h8H,5-7H2,1-4H3/p+1/t11-/m0/s1. The number of hydrogen-bond acceptors (Lipinski definition) is 3. The number of nitrogens with one attached hydrogen (secondary N) is 1. The number of hydrogen-bond donors (Lipinski definition) is 1. The topological polar surface area (TPSA) is 47.8 Å². The molecule has 4 nitrogen and oxygen atoms in total. The molecule has 1 aliphatic rings. The van der Waals surface area contributed by atoms with E-state index in [2.05, 4.69) is 0 Å². The molecule has 0 radical (unpaired) electrons. The molecule has 1 saturated heterocycles. The smallest absolute Gasteiger partial charge is 0.414 e. The molecular weight excluding hydrogens is 194 g/mol. The molecule has 0 aromatic carbocycles. The predicted octanol–water partition coefficient (Wildman–Crippen LogP) is 0.558.